The molecular formula is C10H17N3O3. The van der Waals surface area contributed by atoms with Gasteiger partial charge in [0.25, 0.3) is 0 Å². The monoisotopic (exact) mass is 227 g/mol. The number of ether oxygens (including phenoxy) is 1. The first kappa shape index (κ1) is 12.7. The Bertz CT molecular complexity index is 368. The van der Waals surface area contributed by atoms with E-state index in [-0.39, 0.29) is 6.54 Å². The summed E-state index contributed by atoms with van der Waals surface area (Å²) in [5.74, 6) is 0. The maximum Gasteiger partial charge on any atom is 0.419 e. The molecule has 0 bridgehead atoms. The smallest absolute Gasteiger partial charge is 0.419 e. The van der Waals surface area contributed by atoms with Crippen LogP contribution < -0.4 is 5.73 Å². The number of rotatable bonds is 2. The van der Waals surface area contributed by atoms with Crippen molar-refractivity contribution < 1.29 is 14.6 Å². The second-order valence-corrected chi connectivity index (χ2v) is 4.44. The van der Waals surface area contributed by atoms with Gasteiger partial charge in [-0.15, -0.1) is 0 Å². The van der Waals surface area contributed by atoms with Crippen LogP contribution in [0.25, 0.3) is 0 Å². The van der Waals surface area contributed by atoms with Gasteiger partial charge < -0.3 is 15.6 Å². The van der Waals surface area contributed by atoms with Crippen LogP contribution in [0, 0.1) is 0 Å². The molecule has 0 saturated heterocycles. The standard InChI is InChI=1S/C10H17N3O3/c1-10(2,3)16-9(15)13-5-7(12-6-13)8(14)4-11/h5-6,8,14H,4,11H2,1-3H3/t8-/m1/s1. The van der Waals surface area contributed by atoms with E-state index in [0.717, 1.165) is 0 Å². The lowest BCUT2D eigenvalue weighted by Crippen LogP contribution is -2.26. The Morgan fingerprint density at radius 1 is 1.69 bits per heavy atom. The van der Waals surface area contributed by atoms with Gasteiger partial charge in [0.05, 0.1) is 5.69 Å². The third kappa shape index (κ3) is 3.32. The molecule has 16 heavy (non-hydrogen) atoms. The van der Waals surface area contributed by atoms with E-state index in [0.29, 0.717) is 5.69 Å². The van der Waals surface area contributed by atoms with Crippen LogP contribution in [-0.4, -0.2) is 32.9 Å². The minimum atomic E-state index is -0.858. The second kappa shape index (κ2) is 4.63. The average Bonchev–Trinajstić information content (AvgIpc) is 2.62. The second-order valence-electron chi connectivity index (χ2n) is 4.44. The Balaban J connectivity index is 2.75. The first-order valence-corrected chi connectivity index (χ1v) is 4.99. The predicted molar refractivity (Wildman–Crippen MR) is 57.9 cm³/mol. The fourth-order valence-corrected chi connectivity index (χ4v) is 1.05. The van der Waals surface area contributed by atoms with Crippen molar-refractivity contribution in [1.82, 2.24) is 9.55 Å². The molecule has 1 rings (SSSR count). The van der Waals surface area contributed by atoms with Gasteiger partial charge in [-0.3, -0.25) is 0 Å². The van der Waals surface area contributed by atoms with Gasteiger partial charge in [0.15, 0.2) is 0 Å². The van der Waals surface area contributed by atoms with Gasteiger partial charge in [-0.2, -0.15) is 0 Å². The highest BCUT2D eigenvalue weighted by Gasteiger charge is 2.19. The van der Waals surface area contributed by atoms with Crippen LogP contribution in [0.15, 0.2) is 12.5 Å². The normalized spacial score (nSPS) is 13.6. The summed E-state index contributed by atoms with van der Waals surface area (Å²) in [5, 5.41) is 9.40. The minimum absolute atomic E-state index is 0.0608. The molecule has 0 saturated carbocycles. The van der Waals surface area contributed by atoms with Crippen molar-refractivity contribution in [3.63, 3.8) is 0 Å². The van der Waals surface area contributed by atoms with E-state index in [9.17, 15) is 9.90 Å². The van der Waals surface area contributed by atoms with Gasteiger partial charge in [0.2, 0.25) is 0 Å². The number of aliphatic hydroxyl groups is 1. The number of nitrogens with zero attached hydrogens (tertiary/aromatic N) is 2. The van der Waals surface area contributed by atoms with E-state index in [2.05, 4.69) is 4.98 Å². The average molecular weight is 227 g/mol. The summed E-state index contributed by atoms with van der Waals surface area (Å²) in [6, 6.07) is 0. The van der Waals surface area contributed by atoms with E-state index < -0.39 is 17.8 Å². The molecule has 0 fully saturated rings. The van der Waals surface area contributed by atoms with Crippen molar-refractivity contribution in [2.24, 2.45) is 5.73 Å². The summed E-state index contributed by atoms with van der Waals surface area (Å²) in [6.45, 7) is 5.39. The Labute approximate surface area is 94.0 Å². The Kier molecular flexibility index (Phi) is 3.66. The van der Waals surface area contributed by atoms with Crippen molar-refractivity contribution in [2.45, 2.75) is 32.5 Å². The summed E-state index contributed by atoms with van der Waals surface area (Å²) in [6.07, 6.45) is 1.31. The van der Waals surface area contributed by atoms with Gasteiger partial charge in [-0.25, -0.2) is 14.3 Å². The highest BCUT2D eigenvalue weighted by atomic mass is 16.6. The number of aliphatic hydroxyl groups excluding tert-OH is 1. The molecule has 0 spiro atoms. The number of carbonyl (C=O) groups is 1. The zero-order valence-electron chi connectivity index (χ0n) is 9.67. The minimum Gasteiger partial charge on any atom is -0.443 e. The maximum atomic E-state index is 11.6. The molecule has 6 heteroatoms. The van der Waals surface area contributed by atoms with Crippen molar-refractivity contribution in [1.29, 1.82) is 0 Å². The van der Waals surface area contributed by atoms with Crippen molar-refractivity contribution in [3.05, 3.63) is 18.2 Å². The molecule has 1 atom stereocenters. The van der Waals surface area contributed by atoms with E-state index in [1.165, 1.54) is 17.1 Å². The Morgan fingerprint density at radius 3 is 2.81 bits per heavy atom. The molecule has 90 valence electrons. The molecule has 0 radical (unpaired) electrons. The van der Waals surface area contributed by atoms with Gasteiger partial charge in [0.1, 0.15) is 18.0 Å². The van der Waals surface area contributed by atoms with E-state index in [1.807, 2.05) is 0 Å². The van der Waals surface area contributed by atoms with Gasteiger partial charge in [-0.1, -0.05) is 0 Å². The lowest BCUT2D eigenvalue weighted by Gasteiger charge is -2.19. The topological polar surface area (TPSA) is 90.4 Å². The van der Waals surface area contributed by atoms with Crippen LogP contribution in [0.4, 0.5) is 4.79 Å². The van der Waals surface area contributed by atoms with E-state index >= 15 is 0 Å². The third-order valence-electron chi connectivity index (χ3n) is 1.77. The first-order chi connectivity index (χ1) is 7.33. The number of hydrogen-bond acceptors (Lipinski definition) is 5. The summed E-state index contributed by atoms with van der Waals surface area (Å²) in [7, 11) is 0. The summed E-state index contributed by atoms with van der Waals surface area (Å²) < 4.78 is 6.30. The van der Waals surface area contributed by atoms with E-state index in [4.69, 9.17) is 10.5 Å². The maximum absolute atomic E-state index is 11.6. The zero-order chi connectivity index (χ0) is 12.3. The lowest BCUT2D eigenvalue weighted by molar-refractivity contribution is 0.0536. The summed E-state index contributed by atoms with van der Waals surface area (Å²) in [4.78, 5) is 15.4. The fourth-order valence-electron chi connectivity index (χ4n) is 1.05. The third-order valence-corrected chi connectivity index (χ3v) is 1.77. The predicted octanol–water partition coefficient (Wildman–Crippen LogP) is 0.658. The SMILES string of the molecule is CC(C)(C)OC(=O)n1cnc([C@H](O)CN)c1. The van der Waals surface area contributed by atoms with Crippen LogP contribution in [-0.2, 0) is 4.74 Å². The molecule has 1 aromatic heterocycles. The molecule has 0 aliphatic carbocycles. The quantitative estimate of drug-likeness (QED) is 0.774. The zero-order valence-corrected chi connectivity index (χ0v) is 9.67. The molecule has 3 N–H and O–H groups in total. The molecule has 1 aromatic rings. The lowest BCUT2D eigenvalue weighted by atomic mass is 10.2. The number of carbonyl (C=O) groups excluding carboxylic acids is 1. The highest BCUT2D eigenvalue weighted by molar-refractivity contribution is 5.70. The number of aromatic nitrogens is 2. The molecular weight excluding hydrogens is 210 g/mol. The molecule has 0 aromatic carbocycles. The van der Waals surface area contributed by atoms with Crippen LogP contribution in [0.1, 0.15) is 32.6 Å². The van der Waals surface area contributed by atoms with Crippen LogP contribution in [0.2, 0.25) is 0 Å². The molecule has 6 nitrogen and oxygen atoms in total. The van der Waals surface area contributed by atoms with Gasteiger partial charge in [0, 0.05) is 12.7 Å². The summed E-state index contributed by atoms with van der Waals surface area (Å²) >= 11 is 0. The highest BCUT2D eigenvalue weighted by Crippen LogP contribution is 2.11. The van der Waals surface area contributed by atoms with Crippen molar-refractivity contribution in [3.8, 4) is 0 Å². The van der Waals surface area contributed by atoms with E-state index in [1.54, 1.807) is 20.8 Å². The van der Waals surface area contributed by atoms with Crippen LogP contribution in [0.5, 0.6) is 0 Å². The number of nitrogens with two attached hydrogens (primary N) is 1. The van der Waals surface area contributed by atoms with Crippen LogP contribution in [0.3, 0.4) is 0 Å². The summed E-state index contributed by atoms with van der Waals surface area (Å²) in [5.41, 5.74) is 5.07. The molecule has 0 aliphatic rings. The Morgan fingerprint density at radius 2 is 2.31 bits per heavy atom. The van der Waals surface area contributed by atoms with Gasteiger partial charge in [-0.05, 0) is 20.8 Å². The number of hydrogen-bond donors (Lipinski definition) is 2. The first-order valence-electron chi connectivity index (χ1n) is 4.99. The van der Waals surface area contributed by atoms with Crippen molar-refractivity contribution in [2.75, 3.05) is 6.54 Å². The molecule has 1 heterocycles. The molecule has 0 unspecified atom stereocenters. The Hall–Kier alpha value is -1.40. The van der Waals surface area contributed by atoms with Gasteiger partial charge >= 0.3 is 6.09 Å². The molecule has 0 amide bonds. The molecule has 0 aliphatic heterocycles. The number of imidazole rings is 1. The largest absolute Gasteiger partial charge is 0.443 e. The fraction of sp³-hybridized carbons (Fsp3) is 0.600. The van der Waals surface area contributed by atoms with Crippen molar-refractivity contribution >= 4 is 6.09 Å². The van der Waals surface area contributed by atoms with Crippen LogP contribution >= 0.6 is 0 Å².